The Kier molecular flexibility index (Phi) is 24.1. The molecule has 1 saturated heterocycles. The summed E-state index contributed by atoms with van der Waals surface area (Å²) < 4.78 is 16.9. The Balaban J connectivity index is 0. The minimum absolute atomic E-state index is 0. The Hall–Kier alpha value is -2.09. The van der Waals surface area contributed by atoms with Crippen LogP contribution < -0.4 is 16.5 Å². The van der Waals surface area contributed by atoms with Gasteiger partial charge in [0.2, 0.25) is 5.91 Å². The van der Waals surface area contributed by atoms with Crippen molar-refractivity contribution in [2.45, 2.75) is 66.9 Å². The van der Waals surface area contributed by atoms with Crippen LogP contribution in [-0.4, -0.2) is 175 Å². The summed E-state index contributed by atoms with van der Waals surface area (Å²) in [7, 11) is 5.59. The number of nitrogens with one attached hydrogen (secondary N) is 2. The molecule has 0 bridgehead atoms. The predicted octanol–water partition coefficient (Wildman–Crippen LogP) is -0.577. The summed E-state index contributed by atoms with van der Waals surface area (Å²) in [6.07, 6.45) is -1.15. The molecule has 0 aromatic rings. The Morgan fingerprint density at radius 2 is 1.73 bits per heavy atom. The molecule has 0 aromatic heterocycles. The second-order valence-corrected chi connectivity index (χ2v) is 13.7. The number of amides is 1. The van der Waals surface area contributed by atoms with Crippen LogP contribution >= 0.6 is 0 Å². The van der Waals surface area contributed by atoms with E-state index < -0.39 is 30.4 Å². The van der Waals surface area contributed by atoms with Crippen molar-refractivity contribution in [3.63, 3.8) is 0 Å². The molecule has 1 amide bonds. The molecular weight excluding hydrogens is 686 g/mol. The van der Waals surface area contributed by atoms with Crippen LogP contribution in [-0.2, 0) is 43.0 Å². The van der Waals surface area contributed by atoms with Gasteiger partial charge < -0.3 is 34.7 Å². The molecular formula is C31H61GaN6O10+. The van der Waals surface area contributed by atoms with Gasteiger partial charge in [-0.25, -0.2) is 20.0 Å². The molecule has 0 aromatic carbocycles. The Labute approximate surface area is 299 Å². The van der Waals surface area contributed by atoms with E-state index in [1.165, 1.54) is 0 Å². The molecule has 1 heterocycles. The van der Waals surface area contributed by atoms with Crippen molar-refractivity contribution in [1.29, 1.82) is 0 Å². The van der Waals surface area contributed by atoms with Crippen molar-refractivity contribution in [2.24, 2.45) is 16.7 Å². The van der Waals surface area contributed by atoms with Crippen LogP contribution in [0, 0.1) is 10.8 Å². The van der Waals surface area contributed by atoms with Crippen molar-refractivity contribution < 1.29 is 52.6 Å². The summed E-state index contributed by atoms with van der Waals surface area (Å²) in [5.74, 6) is 2.57. The van der Waals surface area contributed by atoms with Gasteiger partial charge >= 0.3 is 24.3 Å². The van der Waals surface area contributed by atoms with Crippen LogP contribution in [0.5, 0.6) is 0 Å². The van der Waals surface area contributed by atoms with Gasteiger partial charge in [-0.2, -0.15) is 0 Å². The number of likely N-dealkylation sites (N-methyl/N-ethyl adjacent to an activating group) is 3. The predicted molar refractivity (Wildman–Crippen MR) is 180 cm³/mol. The maximum absolute atomic E-state index is 12.7. The number of quaternary nitrogens is 1. The number of aldehydes is 1. The van der Waals surface area contributed by atoms with Crippen LogP contribution in [0.15, 0.2) is 0 Å². The SMILES string of the molecule is CCN(C)CC(=O)O[C@H]1OC(=O)C[N+]1(C)CCN(CC)CC(=O)NCC(C)(C)COCC(C)(C)CNC.NOC(CCC=O)C(=O)O.[Ga]. The zero-order valence-electron chi connectivity index (χ0n) is 30.5. The molecule has 0 aliphatic carbocycles. The molecule has 1 aliphatic rings. The minimum Gasteiger partial charge on any atom is -0.479 e. The third-order valence-corrected chi connectivity index (χ3v) is 7.54. The molecule has 5 N–H and O–H groups in total. The molecule has 16 nitrogen and oxygen atoms in total. The van der Waals surface area contributed by atoms with Gasteiger partial charge in [0.15, 0.2) is 12.6 Å². The van der Waals surface area contributed by atoms with Crippen LogP contribution in [0.2, 0.25) is 0 Å². The van der Waals surface area contributed by atoms with Crippen molar-refractivity contribution in [3.05, 3.63) is 0 Å². The van der Waals surface area contributed by atoms with Gasteiger partial charge in [0, 0.05) is 56.7 Å². The van der Waals surface area contributed by atoms with E-state index in [9.17, 15) is 24.0 Å². The average molecular weight is 748 g/mol. The number of nitrogens with zero attached hydrogens (tertiary/aromatic N) is 3. The molecule has 1 rings (SSSR count). The molecule has 0 saturated carbocycles. The number of carbonyl (C=O) groups excluding carboxylic acids is 4. The first-order chi connectivity index (χ1) is 21.9. The van der Waals surface area contributed by atoms with E-state index in [0.29, 0.717) is 52.2 Å². The molecule has 0 spiro atoms. The van der Waals surface area contributed by atoms with E-state index >= 15 is 0 Å². The number of ether oxygens (including phenoxy) is 3. The molecule has 3 atom stereocenters. The third kappa shape index (κ3) is 20.4. The fourth-order valence-corrected chi connectivity index (χ4v) is 4.43. The van der Waals surface area contributed by atoms with E-state index in [0.717, 1.165) is 6.54 Å². The second-order valence-electron chi connectivity index (χ2n) is 13.7. The van der Waals surface area contributed by atoms with Gasteiger partial charge in [-0.1, -0.05) is 41.5 Å². The number of esters is 2. The van der Waals surface area contributed by atoms with Crippen molar-refractivity contribution in [1.82, 2.24) is 20.4 Å². The van der Waals surface area contributed by atoms with Gasteiger partial charge in [0.25, 0.3) is 0 Å². The van der Waals surface area contributed by atoms with Gasteiger partial charge in [-0.3, -0.25) is 24.2 Å². The normalized spacial score (nSPS) is 18.3. The zero-order valence-corrected chi connectivity index (χ0v) is 33.0. The van der Waals surface area contributed by atoms with E-state index in [4.69, 9.17) is 19.3 Å². The maximum Gasteiger partial charge on any atom is 0.399 e. The Morgan fingerprint density at radius 1 is 1.12 bits per heavy atom. The molecule has 17 heteroatoms. The standard InChI is InChI=1S/C26H51N5O6.C5H9NO4.Ga/c1-10-29(8)15-22(33)36-24-31(9,16-23(34)37-24)13-12-30(11-2)14-21(32)28-18-26(5,6)20-35-19-25(3,4)17-27-7;6-10-4(5(8)9)2-1-3-7;/h24,27H,10-20H2,1-9H3;3-4H,1-2,6H2,(H,8,9);/p+1/t24-,31?;;/m0../s1. The van der Waals surface area contributed by atoms with Crippen molar-refractivity contribution in [3.8, 4) is 0 Å². The van der Waals surface area contributed by atoms with Crippen LogP contribution in [0.1, 0.15) is 54.4 Å². The van der Waals surface area contributed by atoms with E-state index in [2.05, 4.69) is 49.1 Å². The van der Waals surface area contributed by atoms with Gasteiger partial charge in [-0.15, -0.1) is 0 Å². The number of carboxylic acid groups (broad SMARTS) is 1. The molecule has 48 heavy (non-hydrogen) atoms. The number of rotatable bonds is 23. The number of hydrogen-bond donors (Lipinski definition) is 4. The van der Waals surface area contributed by atoms with Crippen LogP contribution in [0.4, 0.5) is 0 Å². The Bertz CT molecular complexity index is 989. The Morgan fingerprint density at radius 3 is 2.23 bits per heavy atom. The van der Waals surface area contributed by atoms with Gasteiger partial charge in [0.05, 0.1) is 39.9 Å². The van der Waals surface area contributed by atoms with E-state index in [-0.39, 0.29) is 73.5 Å². The molecule has 1 fully saturated rings. The molecule has 277 valence electrons. The fraction of sp³-hybridized carbons (Fsp3) is 0.839. The number of nitrogens with two attached hydrogens (primary N) is 1. The number of aliphatic carboxylic acids is 1. The molecule has 3 radical (unpaired) electrons. The van der Waals surface area contributed by atoms with Crippen LogP contribution in [0.25, 0.3) is 0 Å². The monoisotopic (exact) mass is 746 g/mol. The van der Waals surface area contributed by atoms with E-state index in [1.54, 1.807) is 0 Å². The largest absolute Gasteiger partial charge is 0.479 e. The quantitative estimate of drug-likeness (QED) is 0.0341. The number of carbonyl (C=O) groups is 5. The first-order valence-corrected chi connectivity index (χ1v) is 16.0. The summed E-state index contributed by atoms with van der Waals surface area (Å²) in [4.78, 5) is 64.7. The second kappa shape index (κ2) is 24.1. The average Bonchev–Trinajstić information content (AvgIpc) is 3.26. The summed E-state index contributed by atoms with van der Waals surface area (Å²) in [5.41, 5.74) is -0.152. The van der Waals surface area contributed by atoms with Crippen molar-refractivity contribution >= 4 is 49.9 Å². The van der Waals surface area contributed by atoms with Crippen LogP contribution in [0.3, 0.4) is 0 Å². The van der Waals surface area contributed by atoms with Gasteiger partial charge in [-0.05, 0) is 33.6 Å². The zero-order chi connectivity index (χ0) is 36.3. The van der Waals surface area contributed by atoms with Gasteiger partial charge in [0.1, 0.15) is 6.29 Å². The molecule has 2 unspecified atom stereocenters. The summed E-state index contributed by atoms with van der Waals surface area (Å²) in [5, 5.41) is 14.5. The number of hydrogen-bond acceptors (Lipinski definition) is 13. The first kappa shape index (κ1) is 48.0. The molecule has 1 aliphatic heterocycles. The third-order valence-electron chi connectivity index (χ3n) is 7.54. The maximum atomic E-state index is 12.7. The van der Waals surface area contributed by atoms with Crippen molar-refractivity contribution in [2.75, 3.05) is 93.3 Å². The number of carboxylic acids is 1. The first-order valence-electron chi connectivity index (χ1n) is 16.0. The fourth-order valence-electron chi connectivity index (χ4n) is 4.43. The minimum atomic E-state index is -1.15. The smallest absolute Gasteiger partial charge is 0.399 e. The summed E-state index contributed by atoms with van der Waals surface area (Å²) in [6.45, 7) is 17.9. The summed E-state index contributed by atoms with van der Waals surface area (Å²) in [6, 6.07) is 0. The number of cyclic esters (lactones) is 1. The topological polar surface area (TPSA) is 199 Å². The summed E-state index contributed by atoms with van der Waals surface area (Å²) >= 11 is 0. The van der Waals surface area contributed by atoms with E-state index in [1.807, 2.05) is 44.8 Å².